The summed E-state index contributed by atoms with van der Waals surface area (Å²) in [6.45, 7) is 0.376. The molecule has 1 aromatic carbocycles. The van der Waals surface area contributed by atoms with E-state index in [0.717, 1.165) is 16.9 Å². The molecule has 0 aliphatic rings. The fourth-order valence-corrected chi connectivity index (χ4v) is 2.05. The van der Waals surface area contributed by atoms with Crippen molar-refractivity contribution in [1.29, 1.82) is 0 Å². The van der Waals surface area contributed by atoms with Crippen molar-refractivity contribution in [3.63, 3.8) is 0 Å². The molecule has 0 bridgehead atoms. The second-order valence-corrected chi connectivity index (χ2v) is 4.30. The van der Waals surface area contributed by atoms with Crippen molar-refractivity contribution in [2.24, 2.45) is 0 Å². The second kappa shape index (κ2) is 4.16. The van der Waals surface area contributed by atoms with Gasteiger partial charge in [-0.05, 0) is 17.7 Å². The first kappa shape index (κ1) is 10.4. The molecule has 0 spiro atoms. The van der Waals surface area contributed by atoms with E-state index in [4.69, 9.17) is 11.6 Å². The normalized spacial score (nSPS) is 10.5. The standard InChI is InChI=1S/C10H7ClFNOS/c11-9-5-8(12)2-1-7(9)6-13-3-4-15-10(13)14/h1-5H,6H2. The number of thiazole rings is 1. The van der Waals surface area contributed by atoms with Crippen molar-refractivity contribution >= 4 is 22.9 Å². The van der Waals surface area contributed by atoms with E-state index in [1.54, 1.807) is 17.6 Å². The van der Waals surface area contributed by atoms with Crippen LogP contribution in [0.4, 0.5) is 4.39 Å². The average molecular weight is 244 g/mol. The number of nitrogens with zero attached hydrogens (tertiary/aromatic N) is 1. The summed E-state index contributed by atoms with van der Waals surface area (Å²) in [6.07, 6.45) is 1.69. The Kier molecular flexibility index (Phi) is 2.88. The van der Waals surface area contributed by atoms with Crippen molar-refractivity contribution in [3.05, 3.63) is 55.8 Å². The van der Waals surface area contributed by atoms with E-state index in [1.165, 1.54) is 16.7 Å². The summed E-state index contributed by atoms with van der Waals surface area (Å²) in [7, 11) is 0. The van der Waals surface area contributed by atoms with E-state index < -0.39 is 0 Å². The van der Waals surface area contributed by atoms with Crippen molar-refractivity contribution in [2.45, 2.75) is 6.54 Å². The minimum Gasteiger partial charge on any atom is -0.301 e. The van der Waals surface area contributed by atoms with E-state index in [9.17, 15) is 9.18 Å². The fraction of sp³-hybridized carbons (Fsp3) is 0.100. The lowest BCUT2D eigenvalue weighted by Gasteiger charge is -2.04. The molecule has 2 aromatic rings. The van der Waals surface area contributed by atoms with Gasteiger partial charge in [0.1, 0.15) is 5.82 Å². The largest absolute Gasteiger partial charge is 0.307 e. The molecular weight excluding hydrogens is 237 g/mol. The second-order valence-electron chi connectivity index (χ2n) is 3.03. The van der Waals surface area contributed by atoms with Gasteiger partial charge < -0.3 is 4.57 Å². The summed E-state index contributed by atoms with van der Waals surface area (Å²) in [5, 5.41) is 2.05. The predicted molar refractivity (Wildman–Crippen MR) is 59.1 cm³/mol. The molecule has 0 aliphatic heterocycles. The Balaban J connectivity index is 2.33. The first-order valence-electron chi connectivity index (χ1n) is 4.24. The molecule has 0 radical (unpaired) electrons. The van der Waals surface area contributed by atoms with Crippen LogP contribution in [0.25, 0.3) is 0 Å². The smallest absolute Gasteiger partial charge is 0.301 e. The van der Waals surface area contributed by atoms with Crippen molar-refractivity contribution < 1.29 is 4.39 Å². The third-order valence-electron chi connectivity index (χ3n) is 2.00. The number of hydrogen-bond donors (Lipinski definition) is 0. The lowest BCUT2D eigenvalue weighted by Crippen LogP contribution is -2.12. The van der Waals surface area contributed by atoms with Crippen LogP contribution < -0.4 is 4.87 Å². The topological polar surface area (TPSA) is 22.0 Å². The van der Waals surface area contributed by atoms with Gasteiger partial charge in [-0.25, -0.2) is 4.39 Å². The summed E-state index contributed by atoms with van der Waals surface area (Å²) in [6, 6.07) is 4.16. The van der Waals surface area contributed by atoms with Crippen molar-refractivity contribution in [1.82, 2.24) is 4.57 Å². The number of aromatic nitrogens is 1. The Labute approximate surface area is 94.6 Å². The minimum atomic E-state index is -0.374. The summed E-state index contributed by atoms with van der Waals surface area (Å²) in [4.78, 5) is 11.2. The highest BCUT2D eigenvalue weighted by atomic mass is 35.5. The van der Waals surface area contributed by atoms with E-state index in [0.29, 0.717) is 11.6 Å². The zero-order valence-electron chi connectivity index (χ0n) is 7.61. The maximum absolute atomic E-state index is 12.8. The fourth-order valence-electron chi connectivity index (χ4n) is 1.24. The van der Waals surface area contributed by atoms with Crippen LogP contribution in [0.3, 0.4) is 0 Å². The molecule has 0 atom stereocenters. The van der Waals surface area contributed by atoms with Crippen LogP contribution in [0.1, 0.15) is 5.56 Å². The summed E-state index contributed by atoms with van der Waals surface area (Å²) < 4.78 is 14.3. The van der Waals surface area contributed by atoms with E-state index in [1.807, 2.05) is 0 Å². The monoisotopic (exact) mass is 243 g/mol. The van der Waals surface area contributed by atoms with Crippen LogP contribution in [-0.4, -0.2) is 4.57 Å². The summed E-state index contributed by atoms with van der Waals surface area (Å²) in [5.41, 5.74) is 0.735. The Hall–Kier alpha value is -1.13. The lowest BCUT2D eigenvalue weighted by atomic mass is 10.2. The third-order valence-corrected chi connectivity index (χ3v) is 3.05. The van der Waals surface area contributed by atoms with E-state index >= 15 is 0 Å². The zero-order chi connectivity index (χ0) is 10.8. The van der Waals surface area contributed by atoms with E-state index in [-0.39, 0.29) is 10.7 Å². The minimum absolute atomic E-state index is 0.0459. The molecule has 15 heavy (non-hydrogen) atoms. The maximum atomic E-state index is 12.8. The molecule has 0 amide bonds. The SMILES string of the molecule is O=c1sccn1Cc1ccc(F)cc1Cl. The van der Waals surface area contributed by atoms with Crippen LogP contribution >= 0.6 is 22.9 Å². The van der Waals surface area contributed by atoms with Crippen LogP contribution in [0.15, 0.2) is 34.6 Å². The number of benzene rings is 1. The highest BCUT2D eigenvalue weighted by Gasteiger charge is 2.04. The van der Waals surface area contributed by atoms with E-state index in [2.05, 4.69) is 0 Å². The van der Waals surface area contributed by atoms with Gasteiger partial charge in [-0.2, -0.15) is 0 Å². The van der Waals surface area contributed by atoms with Crippen molar-refractivity contribution in [2.75, 3.05) is 0 Å². The molecule has 0 fully saturated rings. The Morgan fingerprint density at radius 3 is 2.87 bits per heavy atom. The molecule has 78 valence electrons. The van der Waals surface area contributed by atoms with Gasteiger partial charge in [0.2, 0.25) is 0 Å². The molecule has 1 aromatic heterocycles. The van der Waals surface area contributed by atoms with Crippen LogP contribution in [0.5, 0.6) is 0 Å². The highest BCUT2D eigenvalue weighted by molar-refractivity contribution is 7.07. The maximum Gasteiger partial charge on any atom is 0.307 e. The molecule has 0 unspecified atom stereocenters. The Bertz CT molecular complexity index is 534. The Morgan fingerprint density at radius 1 is 1.47 bits per heavy atom. The third kappa shape index (κ3) is 2.27. The van der Waals surface area contributed by atoms with Gasteiger partial charge in [0.05, 0.1) is 6.54 Å². The van der Waals surface area contributed by atoms with Gasteiger partial charge in [0, 0.05) is 16.6 Å². The van der Waals surface area contributed by atoms with Gasteiger partial charge in [0.15, 0.2) is 0 Å². The van der Waals surface area contributed by atoms with Crippen molar-refractivity contribution in [3.8, 4) is 0 Å². The first-order valence-corrected chi connectivity index (χ1v) is 5.50. The Morgan fingerprint density at radius 2 is 2.27 bits per heavy atom. The zero-order valence-corrected chi connectivity index (χ0v) is 9.19. The number of hydrogen-bond acceptors (Lipinski definition) is 2. The van der Waals surface area contributed by atoms with Gasteiger partial charge in [0.25, 0.3) is 0 Å². The summed E-state index contributed by atoms with van der Waals surface area (Å²) >= 11 is 6.97. The molecule has 2 nitrogen and oxygen atoms in total. The lowest BCUT2D eigenvalue weighted by molar-refractivity contribution is 0.626. The summed E-state index contributed by atoms with van der Waals surface area (Å²) in [5.74, 6) is -0.374. The molecule has 5 heteroatoms. The van der Waals surface area contributed by atoms with Crippen LogP contribution in [0.2, 0.25) is 5.02 Å². The highest BCUT2D eigenvalue weighted by Crippen LogP contribution is 2.17. The predicted octanol–water partition coefficient (Wildman–Crippen LogP) is 2.75. The molecule has 2 rings (SSSR count). The number of rotatable bonds is 2. The van der Waals surface area contributed by atoms with Crippen LogP contribution in [-0.2, 0) is 6.54 Å². The van der Waals surface area contributed by atoms with Gasteiger partial charge in [-0.3, -0.25) is 4.79 Å². The molecular formula is C10H7ClFNOS. The van der Waals surface area contributed by atoms with Gasteiger partial charge in [-0.1, -0.05) is 29.0 Å². The molecule has 0 saturated carbocycles. The average Bonchev–Trinajstić information content (AvgIpc) is 2.57. The van der Waals surface area contributed by atoms with Gasteiger partial charge in [-0.15, -0.1) is 0 Å². The molecule has 0 aliphatic carbocycles. The molecule has 0 saturated heterocycles. The first-order chi connectivity index (χ1) is 7.16. The molecule has 0 N–H and O–H groups in total. The number of halogens is 2. The van der Waals surface area contributed by atoms with Crippen LogP contribution in [0, 0.1) is 5.82 Å². The molecule has 1 heterocycles. The quantitative estimate of drug-likeness (QED) is 0.795. The van der Waals surface area contributed by atoms with Gasteiger partial charge >= 0.3 is 4.87 Å².